The zero-order chi connectivity index (χ0) is 19.2. The maximum Gasteiger partial charge on any atom is 0.336 e. The number of benzene rings is 2. The van der Waals surface area contributed by atoms with E-state index in [4.69, 9.17) is 9.84 Å². The Hall–Kier alpha value is -2.79. The Morgan fingerprint density at radius 1 is 0.923 bits per heavy atom. The van der Waals surface area contributed by atoms with E-state index >= 15 is 0 Å². The van der Waals surface area contributed by atoms with E-state index in [1.165, 1.54) is 0 Å². The van der Waals surface area contributed by atoms with E-state index in [1.807, 2.05) is 60.7 Å². The Labute approximate surface area is 155 Å². The summed E-state index contributed by atoms with van der Waals surface area (Å²) in [6, 6.07) is 19.5. The van der Waals surface area contributed by atoms with Crippen molar-refractivity contribution in [2.24, 2.45) is 0 Å². The summed E-state index contributed by atoms with van der Waals surface area (Å²) in [5, 5.41) is 10.3. The largest absolute Gasteiger partial charge is 0.478 e. The number of hydrogen-bond acceptors (Lipinski definition) is 3. The normalized spacial score (nSPS) is 12.6. The van der Waals surface area contributed by atoms with Crippen LogP contribution in [0.15, 0.2) is 72.8 Å². The zero-order valence-corrected chi connectivity index (χ0v) is 16.1. The van der Waals surface area contributed by atoms with Crippen molar-refractivity contribution in [3.63, 3.8) is 0 Å². The van der Waals surface area contributed by atoms with Crippen LogP contribution in [0.5, 0.6) is 0 Å². The molecule has 0 aromatic heterocycles. The van der Waals surface area contributed by atoms with Crippen LogP contribution in [0.25, 0.3) is 0 Å². The van der Waals surface area contributed by atoms with Gasteiger partial charge in [0.2, 0.25) is 0 Å². The van der Waals surface area contributed by atoms with Crippen molar-refractivity contribution in [3.8, 4) is 0 Å². The molecular formula is C21H22O4Si. The van der Waals surface area contributed by atoms with E-state index in [0.29, 0.717) is 5.35 Å². The van der Waals surface area contributed by atoms with Crippen molar-refractivity contribution in [1.29, 1.82) is 0 Å². The first-order chi connectivity index (χ1) is 12.3. The topological polar surface area (TPSA) is 63.6 Å². The molecule has 26 heavy (non-hydrogen) atoms. The number of carboxylic acid groups (broad SMARTS) is 1. The van der Waals surface area contributed by atoms with E-state index in [1.54, 1.807) is 0 Å². The maximum atomic E-state index is 12.2. The first-order valence-electron chi connectivity index (χ1n) is 8.27. The minimum atomic E-state index is -1.47. The Morgan fingerprint density at radius 2 is 1.46 bits per heavy atom. The number of carbonyl (C=O) groups is 2. The van der Waals surface area contributed by atoms with Crippen LogP contribution in [0, 0.1) is 0 Å². The monoisotopic (exact) mass is 366 g/mol. The van der Waals surface area contributed by atoms with Crippen molar-refractivity contribution in [2.75, 3.05) is 0 Å². The van der Waals surface area contributed by atoms with E-state index in [2.05, 4.69) is 20.8 Å². The fraction of sp³-hybridized carbons (Fsp3) is 0.190. The van der Waals surface area contributed by atoms with Crippen molar-refractivity contribution >= 4 is 30.9 Å². The van der Waals surface area contributed by atoms with Gasteiger partial charge in [0.25, 0.3) is 0 Å². The number of rotatable bonds is 5. The molecular weight excluding hydrogens is 344 g/mol. The highest BCUT2D eigenvalue weighted by Gasteiger charge is 2.27. The van der Waals surface area contributed by atoms with Gasteiger partial charge in [-0.05, 0) is 10.2 Å². The van der Waals surface area contributed by atoms with Crippen molar-refractivity contribution in [2.45, 2.75) is 25.8 Å². The van der Waals surface area contributed by atoms with Gasteiger partial charge >= 0.3 is 11.9 Å². The number of ether oxygens (including phenoxy) is 1. The second-order valence-corrected chi connectivity index (χ2v) is 10.1. The molecule has 0 amide bonds. The molecule has 0 heterocycles. The number of carboxylic acids is 1. The lowest BCUT2D eigenvalue weighted by atomic mass is 10.2. The molecule has 5 heteroatoms. The second-order valence-electron chi connectivity index (χ2n) is 6.78. The van der Waals surface area contributed by atoms with Crippen LogP contribution in [0.1, 0.15) is 26.3 Å². The Kier molecular flexibility index (Phi) is 6.41. The lowest BCUT2D eigenvalue weighted by Crippen LogP contribution is -2.39. The molecule has 0 saturated carbocycles. The van der Waals surface area contributed by atoms with Gasteiger partial charge in [-0.1, -0.05) is 81.4 Å². The van der Waals surface area contributed by atoms with Gasteiger partial charge in [0, 0.05) is 17.7 Å². The molecule has 0 aliphatic carbocycles. The van der Waals surface area contributed by atoms with Crippen molar-refractivity contribution < 1.29 is 19.4 Å². The SMILES string of the molecule is CC(C)(C)[Si](=C(OC(=O)/C=C\C(=O)O)c1ccccc1)c1ccccc1. The van der Waals surface area contributed by atoms with Crippen LogP contribution in [-0.2, 0) is 14.3 Å². The second kappa shape index (κ2) is 8.54. The third-order valence-electron chi connectivity index (χ3n) is 3.64. The summed E-state index contributed by atoms with van der Waals surface area (Å²) in [4.78, 5) is 22.9. The van der Waals surface area contributed by atoms with E-state index in [-0.39, 0.29) is 5.04 Å². The number of aliphatic carboxylic acids is 1. The van der Waals surface area contributed by atoms with Gasteiger partial charge in [0.05, 0.1) is 0 Å². The highest BCUT2D eigenvalue weighted by atomic mass is 28.2. The smallest absolute Gasteiger partial charge is 0.336 e. The van der Waals surface area contributed by atoms with Gasteiger partial charge in [0.1, 0.15) is 13.8 Å². The first-order valence-corrected chi connectivity index (χ1v) is 9.77. The molecule has 0 bridgehead atoms. The molecule has 0 saturated heterocycles. The molecule has 2 aromatic rings. The number of carbonyl (C=O) groups excluding carboxylic acids is 1. The summed E-state index contributed by atoms with van der Waals surface area (Å²) in [6.45, 7) is 6.37. The van der Waals surface area contributed by atoms with Gasteiger partial charge in [0.15, 0.2) is 0 Å². The molecule has 1 N–H and O–H groups in total. The lowest BCUT2D eigenvalue weighted by molar-refractivity contribution is -0.133. The molecule has 0 aliphatic heterocycles. The van der Waals surface area contributed by atoms with Crippen LogP contribution in [0.3, 0.4) is 0 Å². The molecule has 4 nitrogen and oxygen atoms in total. The molecule has 0 fully saturated rings. The van der Waals surface area contributed by atoms with Crippen molar-refractivity contribution in [3.05, 3.63) is 78.4 Å². The summed E-state index contributed by atoms with van der Waals surface area (Å²) in [7, 11) is -1.47. The quantitative estimate of drug-likeness (QED) is 0.502. The van der Waals surface area contributed by atoms with Gasteiger partial charge in [-0.15, -0.1) is 0 Å². The van der Waals surface area contributed by atoms with E-state index < -0.39 is 20.3 Å². The fourth-order valence-corrected chi connectivity index (χ4v) is 5.62. The summed E-state index contributed by atoms with van der Waals surface area (Å²) >= 11 is 0. The molecule has 134 valence electrons. The Balaban J connectivity index is 2.64. The van der Waals surface area contributed by atoms with Crippen LogP contribution in [0.2, 0.25) is 5.04 Å². The van der Waals surface area contributed by atoms with Crippen LogP contribution < -0.4 is 5.19 Å². The maximum absolute atomic E-state index is 12.2. The zero-order valence-electron chi connectivity index (χ0n) is 15.1. The average molecular weight is 366 g/mol. The summed E-state index contributed by atoms with van der Waals surface area (Å²) in [6.07, 6.45) is 1.73. The molecule has 0 atom stereocenters. The summed E-state index contributed by atoms with van der Waals surface area (Å²) in [5.41, 5.74) is 0.831. The predicted molar refractivity (Wildman–Crippen MR) is 105 cm³/mol. The third kappa shape index (κ3) is 5.36. The fourth-order valence-electron chi connectivity index (χ4n) is 2.63. The van der Waals surface area contributed by atoms with Gasteiger partial charge in [-0.3, -0.25) is 0 Å². The molecule has 2 rings (SSSR count). The molecule has 0 radical (unpaired) electrons. The minimum Gasteiger partial charge on any atom is -0.478 e. The van der Waals surface area contributed by atoms with Crippen LogP contribution in [-0.4, -0.2) is 30.8 Å². The standard InChI is InChI=1S/C21H22O4Si/c1-21(2,3)26(17-12-8-5-9-13-17)20(16-10-6-4-7-11-16)25-19(24)15-14-18(22)23/h4-15H,1-3H3,(H,22,23)/b15-14-,26-20?. The summed E-state index contributed by atoms with van der Waals surface area (Å²) in [5.74, 6) is -1.87. The average Bonchev–Trinajstić information content (AvgIpc) is 2.60. The lowest BCUT2D eigenvalue weighted by Gasteiger charge is -2.26. The van der Waals surface area contributed by atoms with Gasteiger partial charge in [-0.25, -0.2) is 9.59 Å². The molecule has 2 aromatic carbocycles. The van der Waals surface area contributed by atoms with Crippen LogP contribution >= 0.6 is 0 Å². The Bertz CT molecular complexity index is 831. The summed E-state index contributed by atoms with van der Waals surface area (Å²) < 4.78 is 5.70. The molecule has 0 spiro atoms. The highest BCUT2D eigenvalue weighted by molar-refractivity contribution is 6.85. The number of hydrogen-bond donors (Lipinski definition) is 1. The van der Waals surface area contributed by atoms with Crippen molar-refractivity contribution in [1.82, 2.24) is 0 Å². The Morgan fingerprint density at radius 3 is 1.96 bits per heavy atom. The van der Waals surface area contributed by atoms with Gasteiger partial charge < -0.3 is 9.84 Å². The molecule has 0 unspecified atom stereocenters. The van der Waals surface area contributed by atoms with E-state index in [9.17, 15) is 9.59 Å². The van der Waals surface area contributed by atoms with Gasteiger partial charge in [-0.2, -0.15) is 0 Å². The number of esters is 1. The van der Waals surface area contributed by atoms with Crippen LogP contribution in [0.4, 0.5) is 0 Å². The minimum absolute atomic E-state index is 0.131. The first kappa shape index (κ1) is 19.5. The molecule has 0 aliphatic rings. The highest BCUT2D eigenvalue weighted by Crippen LogP contribution is 2.25. The predicted octanol–water partition coefficient (Wildman–Crippen LogP) is 3.13. The van der Waals surface area contributed by atoms with E-state index in [0.717, 1.165) is 22.9 Å². The third-order valence-corrected chi connectivity index (χ3v) is 6.90.